The van der Waals surface area contributed by atoms with E-state index in [4.69, 9.17) is 4.74 Å². The van der Waals surface area contributed by atoms with Crippen LogP contribution in [0.2, 0.25) is 0 Å². The van der Waals surface area contributed by atoms with Crippen LogP contribution in [0.3, 0.4) is 0 Å². The van der Waals surface area contributed by atoms with Crippen LogP contribution in [0, 0.1) is 11.8 Å². The molecule has 3 nitrogen and oxygen atoms in total. The molecule has 2 aliphatic rings. The van der Waals surface area contributed by atoms with E-state index >= 15 is 0 Å². The van der Waals surface area contributed by atoms with Gasteiger partial charge in [0.1, 0.15) is 0 Å². The van der Waals surface area contributed by atoms with E-state index in [1.165, 1.54) is 19.3 Å². The molecule has 3 heteroatoms. The van der Waals surface area contributed by atoms with Crippen LogP contribution in [0.25, 0.3) is 0 Å². The highest BCUT2D eigenvalue weighted by molar-refractivity contribution is 4.86. The van der Waals surface area contributed by atoms with Gasteiger partial charge in [0, 0.05) is 25.7 Å². The van der Waals surface area contributed by atoms with E-state index in [2.05, 4.69) is 24.1 Å². The van der Waals surface area contributed by atoms with Crippen LogP contribution in [0.4, 0.5) is 0 Å². The third-order valence-corrected chi connectivity index (χ3v) is 4.49. The largest absolute Gasteiger partial charge is 0.374 e. The zero-order valence-corrected chi connectivity index (χ0v) is 11.6. The second-order valence-electron chi connectivity index (χ2n) is 6.01. The van der Waals surface area contributed by atoms with Gasteiger partial charge in [-0.25, -0.2) is 0 Å². The molecule has 2 fully saturated rings. The molecular weight excluding hydrogens is 212 g/mol. The summed E-state index contributed by atoms with van der Waals surface area (Å²) in [6, 6.07) is 0.794. The van der Waals surface area contributed by atoms with Gasteiger partial charge in [0.2, 0.25) is 0 Å². The standard InChI is InChI=1S/C14H28N2O/c1-11-4-5-12(2)14(8-11)16-6-7-17-13(10-16)9-15-3/h11-15H,4-10H2,1-3H3. The van der Waals surface area contributed by atoms with Crippen molar-refractivity contribution in [3.05, 3.63) is 0 Å². The van der Waals surface area contributed by atoms with Gasteiger partial charge in [-0.3, -0.25) is 4.90 Å². The molecular formula is C14H28N2O. The SMILES string of the molecule is CNCC1CN(C2CC(C)CCC2C)CCO1. The van der Waals surface area contributed by atoms with Crippen LogP contribution in [-0.4, -0.2) is 50.3 Å². The molecule has 1 saturated carbocycles. The van der Waals surface area contributed by atoms with Crippen LogP contribution in [0.5, 0.6) is 0 Å². The van der Waals surface area contributed by atoms with Gasteiger partial charge < -0.3 is 10.1 Å². The van der Waals surface area contributed by atoms with Crippen molar-refractivity contribution >= 4 is 0 Å². The van der Waals surface area contributed by atoms with Gasteiger partial charge in [-0.1, -0.05) is 20.3 Å². The van der Waals surface area contributed by atoms with Crippen molar-refractivity contribution in [1.82, 2.24) is 10.2 Å². The van der Waals surface area contributed by atoms with Crippen LogP contribution in [0.1, 0.15) is 33.1 Å². The van der Waals surface area contributed by atoms with Gasteiger partial charge in [-0.2, -0.15) is 0 Å². The fourth-order valence-electron chi connectivity index (χ4n) is 3.41. The van der Waals surface area contributed by atoms with E-state index in [1.54, 1.807) is 0 Å². The summed E-state index contributed by atoms with van der Waals surface area (Å²) in [6.45, 7) is 8.96. The Balaban J connectivity index is 1.91. The normalized spacial score (nSPS) is 40.4. The first-order valence-electron chi connectivity index (χ1n) is 7.21. The third-order valence-electron chi connectivity index (χ3n) is 4.49. The van der Waals surface area contributed by atoms with E-state index in [0.29, 0.717) is 6.10 Å². The molecule has 1 saturated heterocycles. The quantitative estimate of drug-likeness (QED) is 0.813. The van der Waals surface area contributed by atoms with Crippen molar-refractivity contribution in [3.63, 3.8) is 0 Å². The Bertz CT molecular complexity index is 232. The Morgan fingerprint density at radius 3 is 2.88 bits per heavy atom. The third kappa shape index (κ3) is 3.43. The van der Waals surface area contributed by atoms with E-state index < -0.39 is 0 Å². The predicted molar refractivity (Wildman–Crippen MR) is 71.2 cm³/mol. The van der Waals surface area contributed by atoms with Crippen molar-refractivity contribution in [2.24, 2.45) is 11.8 Å². The molecule has 0 amide bonds. The van der Waals surface area contributed by atoms with Crippen LogP contribution in [-0.2, 0) is 4.74 Å². The molecule has 4 unspecified atom stereocenters. The van der Waals surface area contributed by atoms with Gasteiger partial charge in [0.25, 0.3) is 0 Å². The first kappa shape index (κ1) is 13.3. The second-order valence-corrected chi connectivity index (χ2v) is 6.01. The molecule has 0 aromatic rings. The van der Waals surface area contributed by atoms with Gasteiger partial charge in [-0.15, -0.1) is 0 Å². The number of hydrogen-bond donors (Lipinski definition) is 1. The molecule has 1 heterocycles. The average Bonchev–Trinajstić information content (AvgIpc) is 2.33. The number of hydrogen-bond acceptors (Lipinski definition) is 3. The lowest BCUT2D eigenvalue weighted by Gasteiger charge is -2.44. The predicted octanol–water partition coefficient (Wildman–Crippen LogP) is 1.73. The summed E-state index contributed by atoms with van der Waals surface area (Å²) in [6.07, 6.45) is 4.59. The summed E-state index contributed by atoms with van der Waals surface area (Å²) in [5.74, 6) is 1.77. The summed E-state index contributed by atoms with van der Waals surface area (Å²) in [4.78, 5) is 2.69. The molecule has 4 atom stereocenters. The molecule has 2 rings (SSSR count). The minimum Gasteiger partial charge on any atom is -0.374 e. The molecule has 0 bridgehead atoms. The van der Waals surface area contributed by atoms with Crippen LogP contribution < -0.4 is 5.32 Å². The fraction of sp³-hybridized carbons (Fsp3) is 1.00. The maximum Gasteiger partial charge on any atom is 0.0826 e. The minimum atomic E-state index is 0.387. The zero-order chi connectivity index (χ0) is 12.3. The molecule has 1 aliphatic carbocycles. The number of likely N-dealkylation sites (N-methyl/N-ethyl adjacent to an activating group) is 1. The van der Waals surface area contributed by atoms with Gasteiger partial charge in [0.05, 0.1) is 12.7 Å². The number of ether oxygens (including phenoxy) is 1. The minimum absolute atomic E-state index is 0.387. The molecule has 17 heavy (non-hydrogen) atoms. The van der Waals surface area contributed by atoms with Gasteiger partial charge in [0.15, 0.2) is 0 Å². The first-order valence-corrected chi connectivity index (χ1v) is 7.21. The zero-order valence-electron chi connectivity index (χ0n) is 11.6. The summed E-state index contributed by atoms with van der Waals surface area (Å²) in [7, 11) is 2.01. The molecule has 100 valence electrons. The molecule has 0 spiro atoms. The fourth-order valence-corrected chi connectivity index (χ4v) is 3.41. The molecule has 0 aromatic heterocycles. The smallest absolute Gasteiger partial charge is 0.0826 e. The summed E-state index contributed by atoms with van der Waals surface area (Å²) in [5.41, 5.74) is 0. The Morgan fingerprint density at radius 2 is 2.12 bits per heavy atom. The van der Waals surface area contributed by atoms with E-state index in [9.17, 15) is 0 Å². The highest BCUT2D eigenvalue weighted by Crippen LogP contribution is 2.32. The lowest BCUT2D eigenvalue weighted by atomic mass is 9.79. The number of nitrogens with one attached hydrogen (secondary N) is 1. The first-order chi connectivity index (χ1) is 8.20. The van der Waals surface area contributed by atoms with E-state index in [0.717, 1.165) is 44.1 Å². The summed E-state index contributed by atoms with van der Waals surface area (Å²) < 4.78 is 5.80. The Kier molecular flexibility index (Phi) is 4.83. The highest BCUT2D eigenvalue weighted by Gasteiger charge is 2.33. The number of rotatable bonds is 3. The van der Waals surface area contributed by atoms with Crippen molar-refractivity contribution in [2.45, 2.75) is 45.3 Å². The summed E-state index contributed by atoms with van der Waals surface area (Å²) >= 11 is 0. The maximum absolute atomic E-state index is 5.80. The highest BCUT2D eigenvalue weighted by atomic mass is 16.5. The molecule has 0 aromatic carbocycles. The van der Waals surface area contributed by atoms with Crippen molar-refractivity contribution < 1.29 is 4.74 Å². The summed E-state index contributed by atoms with van der Waals surface area (Å²) in [5, 5.41) is 3.23. The number of nitrogens with zero attached hydrogens (tertiary/aromatic N) is 1. The Labute approximate surface area is 106 Å². The van der Waals surface area contributed by atoms with Crippen molar-refractivity contribution in [1.29, 1.82) is 0 Å². The Morgan fingerprint density at radius 1 is 1.29 bits per heavy atom. The second kappa shape index (κ2) is 6.17. The number of morpholine rings is 1. The maximum atomic E-state index is 5.80. The molecule has 1 aliphatic heterocycles. The van der Waals surface area contributed by atoms with Gasteiger partial charge >= 0.3 is 0 Å². The lowest BCUT2D eigenvalue weighted by molar-refractivity contribution is -0.0579. The van der Waals surface area contributed by atoms with Crippen LogP contribution >= 0.6 is 0 Å². The molecule has 0 radical (unpaired) electrons. The monoisotopic (exact) mass is 240 g/mol. The topological polar surface area (TPSA) is 24.5 Å². The van der Waals surface area contributed by atoms with Crippen molar-refractivity contribution in [3.8, 4) is 0 Å². The van der Waals surface area contributed by atoms with E-state index in [-0.39, 0.29) is 0 Å². The van der Waals surface area contributed by atoms with Crippen LogP contribution in [0.15, 0.2) is 0 Å². The Hall–Kier alpha value is -0.120. The lowest BCUT2D eigenvalue weighted by Crippen LogP contribution is -2.53. The average molecular weight is 240 g/mol. The van der Waals surface area contributed by atoms with E-state index in [1.807, 2.05) is 7.05 Å². The van der Waals surface area contributed by atoms with Crippen molar-refractivity contribution in [2.75, 3.05) is 33.3 Å². The van der Waals surface area contributed by atoms with Gasteiger partial charge in [-0.05, 0) is 31.7 Å². The molecule has 1 N–H and O–H groups in total.